The van der Waals surface area contributed by atoms with Gasteiger partial charge in [0.1, 0.15) is 5.82 Å². The van der Waals surface area contributed by atoms with Gasteiger partial charge in [-0.15, -0.1) is 0 Å². The van der Waals surface area contributed by atoms with Crippen LogP contribution in [-0.4, -0.2) is 46.0 Å². The van der Waals surface area contributed by atoms with Crippen LogP contribution in [0, 0.1) is 5.82 Å². The van der Waals surface area contributed by atoms with Gasteiger partial charge in [-0.25, -0.2) is 25.5 Å². The van der Waals surface area contributed by atoms with Crippen molar-refractivity contribution in [3.63, 3.8) is 0 Å². The molecule has 1 fully saturated rings. The Bertz CT molecular complexity index is 1150. The molecule has 6 nitrogen and oxygen atoms in total. The molecule has 0 saturated carbocycles. The van der Waals surface area contributed by atoms with Crippen LogP contribution in [0.2, 0.25) is 10.0 Å². The molecule has 0 aromatic heterocycles. The first-order valence-electron chi connectivity index (χ1n) is 10.3. The lowest BCUT2D eigenvalue weighted by molar-refractivity contribution is 0.473. The van der Waals surface area contributed by atoms with Gasteiger partial charge in [-0.2, -0.15) is 0 Å². The number of sulfonamides is 2. The predicted octanol–water partition coefficient (Wildman–Crippen LogP) is 4.92. The zero-order chi connectivity index (χ0) is 23.5. The lowest BCUT2D eigenvalue weighted by atomic mass is 10.2. The summed E-state index contributed by atoms with van der Waals surface area (Å²) in [6.07, 6.45) is 2.13. The number of hydrogen-bond acceptors (Lipinski definition) is 4. The van der Waals surface area contributed by atoms with Gasteiger partial charge < -0.3 is 0 Å². The molecule has 1 atom stereocenters. The van der Waals surface area contributed by atoms with E-state index in [-0.39, 0.29) is 34.2 Å². The molecule has 0 bridgehead atoms. The fourth-order valence-electron chi connectivity index (χ4n) is 3.75. The summed E-state index contributed by atoms with van der Waals surface area (Å²) in [5, 5.41) is 0.547. The summed E-state index contributed by atoms with van der Waals surface area (Å²) in [5.41, 5.74) is -0.192. The highest BCUT2D eigenvalue weighted by atomic mass is 35.5. The minimum Gasteiger partial charge on any atom is -0.261 e. The monoisotopic (exact) mass is 522 g/mol. The predicted molar refractivity (Wildman–Crippen MR) is 126 cm³/mol. The van der Waals surface area contributed by atoms with Gasteiger partial charge in [0.25, 0.3) is 10.0 Å². The highest BCUT2D eigenvalue weighted by Crippen LogP contribution is 2.32. The number of rotatable bonds is 9. The van der Waals surface area contributed by atoms with Crippen LogP contribution in [0.15, 0.2) is 47.4 Å². The summed E-state index contributed by atoms with van der Waals surface area (Å²) in [4.78, 5) is -0.0576. The average Bonchev–Trinajstić information content (AvgIpc) is 3.27. The summed E-state index contributed by atoms with van der Waals surface area (Å²) in [6, 6.07) is 8.53. The second kappa shape index (κ2) is 10.3. The minimum absolute atomic E-state index is 0.0576. The molecule has 1 aliphatic heterocycles. The number of anilines is 1. The number of halogens is 3. The Hall–Kier alpha value is -1.39. The fraction of sp³-hybridized carbons (Fsp3) is 0.429. The van der Waals surface area contributed by atoms with Crippen LogP contribution in [0.5, 0.6) is 0 Å². The van der Waals surface area contributed by atoms with Gasteiger partial charge in [0, 0.05) is 29.2 Å². The summed E-state index contributed by atoms with van der Waals surface area (Å²) in [6.45, 7) is 2.65. The fourth-order valence-corrected chi connectivity index (χ4v) is 7.33. The van der Waals surface area contributed by atoms with Gasteiger partial charge in [-0.1, -0.05) is 23.2 Å². The maximum absolute atomic E-state index is 14.7. The molecular weight excluding hydrogens is 498 g/mol. The van der Waals surface area contributed by atoms with E-state index in [1.54, 1.807) is 6.92 Å². The van der Waals surface area contributed by atoms with Crippen LogP contribution in [-0.2, 0) is 20.0 Å². The molecular formula is C21H25Cl2FN2O4S2. The Kier molecular flexibility index (Phi) is 8.09. The third kappa shape index (κ3) is 5.75. The van der Waals surface area contributed by atoms with Crippen LogP contribution in [0.1, 0.15) is 32.6 Å². The summed E-state index contributed by atoms with van der Waals surface area (Å²) in [5.74, 6) is -0.840. The van der Waals surface area contributed by atoms with Crippen molar-refractivity contribution in [2.75, 3.05) is 23.1 Å². The van der Waals surface area contributed by atoms with E-state index in [1.165, 1.54) is 40.7 Å². The van der Waals surface area contributed by atoms with Crippen molar-refractivity contribution >= 4 is 48.9 Å². The van der Waals surface area contributed by atoms with E-state index < -0.39 is 31.9 Å². The summed E-state index contributed by atoms with van der Waals surface area (Å²) < 4.78 is 69.1. The molecule has 11 heteroatoms. The zero-order valence-electron chi connectivity index (χ0n) is 17.5. The highest BCUT2D eigenvalue weighted by molar-refractivity contribution is 7.92. The van der Waals surface area contributed by atoms with Crippen molar-refractivity contribution in [1.82, 2.24) is 4.31 Å². The zero-order valence-corrected chi connectivity index (χ0v) is 20.7. The lowest BCUT2D eigenvalue weighted by Gasteiger charge is -2.31. The topological polar surface area (TPSA) is 74.8 Å². The van der Waals surface area contributed by atoms with E-state index in [0.717, 1.165) is 23.2 Å². The van der Waals surface area contributed by atoms with E-state index in [9.17, 15) is 21.2 Å². The van der Waals surface area contributed by atoms with Crippen molar-refractivity contribution in [1.29, 1.82) is 0 Å². The Morgan fingerprint density at radius 3 is 2.22 bits per heavy atom. The quantitative estimate of drug-likeness (QED) is 0.468. The van der Waals surface area contributed by atoms with Crippen molar-refractivity contribution in [3.8, 4) is 0 Å². The Labute approximate surface area is 199 Å². The van der Waals surface area contributed by atoms with E-state index in [0.29, 0.717) is 18.1 Å². The molecule has 1 saturated heterocycles. The highest BCUT2D eigenvalue weighted by Gasteiger charge is 2.32. The van der Waals surface area contributed by atoms with E-state index >= 15 is 0 Å². The van der Waals surface area contributed by atoms with Gasteiger partial charge in [0.15, 0.2) is 0 Å². The smallest absolute Gasteiger partial charge is 0.261 e. The standard InChI is InChI=1S/C21H25Cl2FN2O4S2/c1-16(5-4-14-31(27,28)25-12-2-3-13-25)26(21-15-18(23)8-11-20(21)24)32(29,30)19-9-6-17(22)7-10-19/h6-11,15-16H,2-5,12-14H2,1H3/t16-/m1/s1. The molecule has 3 rings (SSSR count). The number of nitrogens with zero attached hydrogens (tertiary/aromatic N) is 2. The van der Waals surface area contributed by atoms with E-state index in [4.69, 9.17) is 23.2 Å². The lowest BCUT2D eigenvalue weighted by Crippen LogP contribution is -2.40. The van der Waals surface area contributed by atoms with E-state index in [2.05, 4.69) is 0 Å². The molecule has 32 heavy (non-hydrogen) atoms. The van der Waals surface area contributed by atoms with Gasteiger partial charge in [-0.05, 0) is 75.1 Å². The van der Waals surface area contributed by atoms with Crippen LogP contribution in [0.25, 0.3) is 0 Å². The summed E-state index contributed by atoms with van der Waals surface area (Å²) >= 11 is 11.9. The normalized spacial score (nSPS) is 16.2. The van der Waals surface area contributed by atoms with Crippen LogP contribution >= 0.6 is 23.2 Å². The molecule has 0 unspecified atom stereocenters. The van der Waals surface area contributed by atoms with Crippen LogP contribution in [0.3, 0.4) is 0 Å². The Morgan fingerprint density at radius 2 is 1.59 bits per heavy atom. The maximum Gasteiger partial charge on any atom is 0.264 e. The molecule has 0 amide bonds. The molecule has 1 heterocycles. The number of hydrogen-bond donors (Lipinski definition) is 0. The van der Waals surface area contributed by atoms with Crippen molar-refractivity contribution < 1.29 is 21.2 Å². The molecule has 0 radical (unpaired) electrons. The Morgan fingerprint density at radius 1 is 1.00 bits per heavy atom. The average molecular weight is 523 g/mol. The van der Waals surface area contributed by atoms with Crippen molar-refractivity contribution in [2.24, 2.45) is 0 Å². The van der Waals surface area contributed by atoms with Crippen molar-refractivity contribution in [2.45, 2.75) is 43.5 Å². The molecule has 2 aromatic carbocycles. The summed E-state index contributed by atoms with van der Waals surface area (Å²) in [7, 11) is -7.57. The van der Waals surface area contributed by atoms with Gasteiger partial charge in [-0.3, -0.25) is 4.31 Å². The molecule has 176 valence electrons. The van der Waals surface area contributed by atoms with Gasteiger partial charge in [0.05, 0.1) is 16.3 Å². The first-order valence-corrected chi connectivity index (χ1v) is 14.1. The maximum atomic E-state index is 14.7. The Balaban J connectivity index is 1.88. The molecule has 0 N–H and O–H groups in total. The molecule has 1 aliphatic rings. The third-order valence-electron chi connectivity index (χ3n) is 5.40. The second-order valence-electron chi connectivity index (χ2n) is 7.76. The third-order valence-corrected chi connectivity index (χ3v) is 9.78. The van der Waals surface area contributed by atoms with Crippen LogP contribution < -0.4 is 4.31 Å². The second-order valence-corrected chi connectivity index (χ2v) is 12.5. The van der Waals surface area contributed by atoms with Gasteiger partial charge >= 0.3 is 0 Å². The SMILES string of the molecule is C[C@H](CCCS(=O)(=O)N1CCCC1)N(c1cc(Cl)ccc1F)S(=O)(=O)c1ccc(Cl)cc1. The van der Waals surface area contributed by atoms with Crippen LogP contribution in [0.4, 0.5) is 10.1 Å². The molecule has 2 aromatic rings. The van der Waals surface area contributed by atoms with E-state index in [1.807, 2.05) is 0 Å². The van der Waals surface area contributed by atoms with Crippen molar-refractivity contribution in [3.05, 3.63) is 58.3 Å². The first kappa shape index (κ1) is 25.2. The minimum atomic E-state index is -4.17. The largest absolute Gasteiger partial charge is 0.264 e. The number of benzene rings is 2. The molecule has 0 aliphatic carbocycles. The van der Waals surface area contributed by atoms with Gasteiger partial charge in [0.2, 0.25) is 10.0 Å². The molecule has 0 spiro atoms. The first-order chi connectivity index (χ1) is 15.0.